The van der Waals surface area contributed by atoms with Gasteiger partial charge in [-0.25, -0.2) is 0 Å². The topological polar surface area (TPSA) is 36.3 Å². The summed E-state index contributed by atoms with van der Waals surface area (Å²) in [7, 11) is 1.63. The quantitative estimate of drug-likeness (QED) is 0.859. The van der Waals surface area contributed by atoms with E-state index in [2.05, 4.69) is 0 Å². The average molecular weight is 239 g/mol. The number of nitrogens with one attached hydrogen (secondary N) is 1. The molecule has 0 aromatic heterocycles. The van der Waals surface area contributed by atoms with Crippen LogP contribution in [0.2, 0.25) is 5.02 Å². The predicted molar refractivity (Wildman–Crippen MR) is 67.0 cm³/mol. The van der Waals surface area contributed by atoms with Gasteiger partial charge >= 0.3 is 0 Å². The van der Waals surface area contributed by atoms with Crippen molar-refractivity contribution in [2.24, 2.45) is 0 Å². The molecular formula is C12H15ClN2O. The number of nitrogens with zero attached hydrogens (tertiary/aromatic N) is 1. The van der Waals surface area contributed by atoms with Gasteiger partial charge in [0.15, 0.2) is 0 Å². The lowest BCUT2D eigenvalue weighted by atomic mass is 10.2. The van der Waals surface area contributed by atoms with Crippen LogP contribution in [0.25, 0.3) is 0 Å². The van der Waals surface area contributed by atoms with Crippen molar-refractivity contribution in [2.45, 2.75) is 19.8 Å². The first-order valence-corrected chi connectivity index (χ1v) is 5.70. The van der Waals surface area contributed by atoms with Crippen LogP contribution in [-0.4, -0.2) is 19.5 Å². The van der Waals surface area contributed by atoms with E-state index in [0.29, 0.717) is 10.9 Å². The lowest BCUT2D eigenvalue weighted by Gasteiger charge is -2.21. The Bertz CT molecular complexity index is 431. The first kappa shape index (κ1) is 11.3. The zero-order chi connectivity index (χ0) is 11.7. The minimum atomic E-state index is 0.653. The van der Waals surface area contributed by atoms with Crippen LogP contribution in [0.5, 0.6) is 5.75 Å². The molecule has 1 heterocycles. The van der Waals surface area contributed by atoms with Crippen molar-refractivity contribution in [3.05, 3.63) is 22.7 Å². The Hall–Kier alpha value is -1.22. The lowest BCUT2D eigenvalue weighted by Crippen LogP contribution is -2.23. The summed E-state index contributed by atoms with van der Waals surface area (Å²) < 4.78 is 5.32. The molecule has 0 bridgehead atoms. The highest BCUT2D eigenvalue weighted by molar-refractivity contribution is 6.31. The van der Waals surface area contributed by atoms with Crippen LogP contribution in [-0.2, 0) is 0 Å². The summed E-state index contributed by atoms with van der Waals surface area (Å²) in [5.41, 5.74) is 1.96. The van der Waals surface area contributed by atoms with E-state index in [9.17, 15) is 0 Å². The Balaban J connectivity index is 2.46. The van der Waals surface area contributed by atoms with Crippen LogP contribution in [0, 0.1) is 12.3 Å². The molecule has 0 radical (unpaired) electrons. The fraction of sp³-hybridized carbons (Fsp3) is 0.417. The molecule has 1 aromatic rings. The minimum Gasteiger partial charge on any atom is -0.495 e. The maximum atomic E-state index is 7.88. The van der Waals surface area contributed by atoms with E-state index < -0.39 is 0 Å². The molecule has 0 spiro atoms. The third-order valence-corrected chi connectivity index (χ3v) is 3.28. The smallest absolute Gasteiger partial charge is 0.144 e. The normalized spacial score (nSPS) is 15.7. The Labute approximate surface area is 100 Å². The molecule has 1 aromatic carbocycles. The van der Waals surface area contributed by atoms with Crippen LogP contribution >= 0.6 is 11.6 Å². The number of rotatable bonds is 2. The molecule has 1 aliphatic rings. The molecule has 86 valence electrons. The number of amidine groups is 1. The van der Waals surface area contributed by atoms with Crippen molar-refractivity contribution in [1.82, 2.24) is 0 Å². The molecule has 2 rings (SSSR count). The van der Waals surface area contributed by atoms with Gasteiger partial charge in [-0.3, -0.25) is 5.41 Å². The standard InChI is InChI=1S/C12H15ClN2O/c1-8-6-10(11(16-2)7-9(8)13)15-5-3-4-12(15)14/h6-7,14H,3-5H2,1-2H3. The second kappa shape index (κ2) is 4.34. The van der Waals surface area contributed by atoms with E-state index in [-0.39, 0.29) is 0 Å². The molecule has 3 nitrogen and oxygen atoms in total. The molecule has 0 amide bonds. The van der Waals surface area contributed by atoms with Gasteiger partial charge in [0.2, 0.25) is 0 Å². The van der Waals surface area contributed by atoms with E-state index in [1.165, 1.54) is 0 Å². The largest absolute Gasteiger partial charge is 0.495 e. The van der Waals surface area contributed by atoms with Crippen molar-refractivity contribution < 1.29 is 4.74 Å². The average Bonchev–Trinajstić information content (AvgIpc) is 2.68. The molecule has 16 heavy (non-hydrogen) atoms. The summed E-state index contributed by atoms with van der Waals surface area (Å²) >= 11 is 6.06. The second-order valence-electron chi connectivity index (χ2n) is 3.98. The van der Waals surface area contributed by atoms with Crippen molar-refractivity contribution in [2.75, 3.05) is 18.6 Å². The van der Waals surface area contributed by atoms with Gasteiger partial charge in [-0.2, -0.15) is 0 Å². The summed E-state index contributed by atoms with van der Waals surface area (Å²) in [5.74, 6) is 1.39. The maximum absolute atomic E-state index is 7.88. The molecule has 0 unspecified atom stereocenters. The number of hydrogen-bond donors (Lipinski definition) is 1. The summed E-state index contributed by atoms with van der Waals surface area (Å²) in [5, 5.41) is 8.58. The third kappa shape index (κ3) is 1.87. The number of ether oxygens (including phenoxy) is 1. The number of methoxy groups -OCH3 is 1. The van der Waals surface area contributed by atoms with Gasteiger partial charge in [0.1, 0.15) is 11.6 Å². The van der Waals surface area contributed by atoms with Crippen molar-refractivity contribution in [1.29, 1.82) is 5.41 Å². The van der Waals surface area contributed by atoms with Crippen LogP contribution in [0.4, 0.5) is 5.69 Å². The zero-order valence-corrected chi connectivity index (χ0v) is 10.3. The number of anilines is 1. The first-order valence-electron chi connectivity index (χ1n) is 5.32. The summed E-state index contributed by atoms with van der Waals surface area (Å²) in [6, 6.07) is 3.80. The van der Waals surface area contributed by atoms with Crippen LogP contribution in [0.3, 0.4) is 0 Å². The highest BCUT2D eigenvalue weighted by atomic mass is 35.5. The molecule has 1 fully saturated rings. The van der Waals surface area contributed by atoms with Crippen molar-refractivity contribution in [3.8, 4) is 5.75 Å². The van der Waals surface area contributed by atoms with Gasteiger partial charge in [0, 0.05) is 24.1 Å². The summed E-state index contributed by atoms with van der Waals surface area (Å²) in [4.78, 5) is 1.99. The van der Waals surface area contributed by atoms with Crippen molar-refractivity contribution >= 4 is 23.1 Å². The van der Waals surface area contributed by atoms with E-state index in [1.807, 2.05) is 24.0 Å². The van der Waals surface area contributed by atoms with E-state index in [4.69, 9.17) is 21.7 Å². The van der Waals surface area contributed by atoms with Gasteiger partial charge in [0.25, 0.3) is 0 Å². The van der Waals surface area contributed by atoms with Gasteiger partial charge < -0.3 is 9.64 Å². The molecule has 4 heteroatoms. The Morgan fingerprint density at radius 2 is 2.19 bits per heavy atom. The number of hydrogen-bond acceptors (Lipinski definition) is 2. The predicted octanol–water partition coefficient (Wildman–Crippen LogP) is 3.23. The van der Waals surface area contributed by atoms with Crippen LogP contribution in [0.1, 0.15) is 18.4 Å². The van der Waals surface area contributed by atoms with E-state index in [0.717, 1.165) is 36.4 Å². The third-order valence-electron chi connectivity index (χ3n) is 2.87. The van der Waals surface area contributed by atoms with Crippen molar-refractivity contribution in [3.63, 3.8) is 0 Å². The molecular weight excluding hydrogens is 224 g/mol. The van der Waals surface area contributed by atoms with E-state index in [1.54, 1.807) is 7.11 Å². The number of halogens is 1. The van der Waals surface area contributed by atoms with Crippen LogP contribution in [0.15, 0.2) is 12.1 Å². The summed E-state index contributed by atoms with van der Waals surface area (Å²) in [6.07, 6.45) is 1.87. The highest BCUT2D eigenvalue weighted by Gasteiger charge is 2.22. The van der Waals surface area contributed by atoms with Gasteiger partial charge in [-0.1, -0.05) is 11.6 Å². The van der Waals surface area contributed by atoms with E-state index >= 15 is 0 Å². The fourth-order valence-electron chi connectivity index (χ4n) is 1.96. The molecule has 0 saturated carbocycles. The van der Waals surface area contributed by atoms with Gasteiger partial charge in [0.05, 0.1) is 12.8 Å². The zero-order valence-electron chi connectivity index (χ0n) is 9.51. The molecule has 1 N–H and O–H groups in total. The van der Waals surface area contributed by atoms with Gasteiger partial charge in [-0.05, 0) is 25.0 Å². The summed E-state index contributed by atoms with van der Waals surface area (Å²) in [6.45, 7) is 2.85. The Morgan fingerprint density at radius 3 is 2.75 bits per heavy atom. The first-order chi connectivity index (χ1) is 7.63. The Morgan fingerprint density at radius 1 is 1.44 bits per heavy atom. The SMILES string of the molecule is COc1cc(Cl)c(C)cc1N1CCCC1=N. The second-order valence-corrected chi connectivity index (χ2v) is 4.38. The maximum Gasteiger partial charge on any atom is 0.144 e. The highest BCUT2D eigenvalue weighted by Crippen LogP contribution is 2.35. The number of aryl methyl sites for hydroxylation is 1. The van der Waals surface area contributed by atoms with Gasteiger partial charge in [-0.15, -0.1) is 0 Å². The number of benzene rings is 1. The molecule has 0 atom stereocenters. The Kier molecular flexibility index (Phi) is 3.06. The fourth-order valence-corrected chi connectivity index (χ4v) is 2.12. The molecule has 0 aliphatic carbocycles. The monoisotopic (exact) mass is 238 g/mol. The minimum absolute atomic E-state index is 0.653. The van der Waals surface area contributed by atoms with Crippen LogP contribution < -0.4 is 9.64 Å². The molecule has 1 aliphatic heterocycles. The lowest BCUT2D eigenvalue weighted by molar-refractivity contribution is 0.415. The molecule has 1 saturated heterocycles.